The number of piperazine rings is 1. The number of hydrogen-bond donors (Lipinski definition) is 1. The van der Waals surface area contributed by atoms with E-state index in [1.807, 2.05) is 13.0 Å². The number of nitrogens with zero attached hydrogens (tertiary/aromatic N) is 3. The van der Waals surface area contributed by atoms with Crippen molar-refractivity contribution in [2.24, 2.45) is 0 Å². The summed E-state index contributed by atoms with van der Waals surface area (Å²) in [7, 11) is 0. The van der Waals surface area contributed by atoms with Crippen LogP contribution in [-0.2, 0) is 17.5 Å². The lowest BCUT2D eigenvalue weighted by Gasteiger charge is -2.37. The monoisotopic (exact) mass is 416 g/mol. The highest BCUT2D eigenvalue weighted by atomic mass is 19.4. The Morgan fingerprint density at radius 1 is 1.13 bits per heavy atom. The number of carbonyl (C=O) groups is 1. The average Bonchev–Trinajstić information content (AvgIpc) is 2.74. The molecule has 30 heavy (non-hydrogen) atoms. The van der Waals surface area contributed by atoms with Gasteiger partial charge in [-0.05, 0) is 42.8 Å². The minimum Gasteiger partial charge on any atom is -0.325 e. The van der Waals surface area contributed by atoms with Gasteiger partial charge in [-0.3, -0.25) is 14.6 Å². The fraction of sp³-hybridized carbons (Fsp3) is 0.364. The molecule has 0 radical (unpaired) electrons. The molecular formula is C22H23F3N4O. The lowest BCUT2D eigenvalue weighted by molar-refractivity contribution is -0.137. The molecule has 1 saturated heterocycles. The van der Waals surface area contributed by atoms with Gasteiger partial charge in [-0.25, -0.2) is 0 Å². The van der Waals surface area contributed by atoms with Crippen LogP contribution in [0.15, 0.2) is 48.5 Å². The van der Waals surface area contributed by atoms with Crippen LogP contribution in [0, 0.1) is 11.3 Å². The Morgan fingerprint density at radius 3 is 2.40 bits per heavy atom. The number of anilines is 1. The van der Waals surface area contributed by atoms with Crippen molar-refractivity contribution >= 4 is 11.6 Å². The first-order valence-electron chi connectivity index (χ1n) is 9.70. The molecule has 1 N–H and O–H groups in total. The van der Waals surface area contributed by atoms with E-state index in [1.165, 1.54) is 12.1 Å². The van der Waals surface area contributed by atoms with E-state index >= 15 is 0 Å². The molecule has 1 aliphatic rings. The second-order valence-electron chi connectivity index (χ2n) is 7.36. The Labute approximate surface area is 173 Å². The van der Waals surface area contributed by atoms with Gasteiger partial charge < -0.3 is 5.32 Å². The van der Waals surface area contributed by atoms with Gasteiger partial charge in [0.1, 0.15) is 0 Å². The molecule has 0 bridgehead atoms. The van der Waals surface area contributed by atoms with Crippen LogP contribution in [0.1, 0.15) is 23.6 Å². The molecule has 0 aromatic heterocycles. The minimum absolute atomic E-state index is 0.133. The van der Waals surface area contributed by atoms with Gasteiger partial charge in [0.05, 0.1) is 23.2 Å². The molecular weight excluding hydrogens is 393 g/mol. The van der Waals surface area contributed by atoms with Gasteiger partial charge in [0.25, 0.3) is 0 Å². The first-order chi connectivity index (χ1) is 14.3. The number of halogens is 3. The molecule has 0 spiro atoms. The number of alkyl halides is 3. The number of carbonyl (C=O) groups excluding carboxylic acids is 1. The summed E-state index contributed by atoms with van der Waals surface area (Å²) < 4.78 is 38.7. The largest absolute Gasteiger partial charge is 0.416 e. The van der Waals surface area contributed by atoms with Gasteiger partial charge in [-0.1, -0.05) is 18.2 Å². The van der Waals surface area contributed by atoms with E-state index in [9.17, 15) is 18.0 Å². The van der Waals surface area contributed by atoms with Crippen LogP contribution in [0.2, 0.25) is 0 Å². The maximum Gasteiger partial charge on any atom is 0.416 e. The lowest BCUT2D eigenvalue weighted by Crippen LogP contribution is -2.52. The summed E-state index contributed by atoms with van der Waals surface area (Å²) in [6.07, 6.45) is -4.34. The van der Waals surface area contributed by atoms with Crippen molar-refractivity contribution in [2.75, 3.05) is 31.5 Å². The highest BCUT2D eigenvalue weighted by Gasteiger charge is 2.31. The van der Waals surface area contributed by atoms with E-state index in [0.717, 1.165) is 6.07 Å². The summed E-state index contributed by atoms with van der Waals surface area (Å²) in [5, 5.41) is 11.7. The van der Waals surface area contributed by atoms with E-state index in [0.29, 0.717) is 49.5 Å². The van der Waals surface area contributed by atoms with Crippen molar-refractivity contribution in [3.63, 3.8) is 0 Å². The topological polar surface area (TPSA) is 59.4 Å². The van der Waals surface area contributed by atoms with Gasteiger partial charge >= 0.3 is 6.18 Å². The number of hydrogen-bond acceptors (Lipinski definition) is 4. The molecule has 8 heteroatoms. The second-order valence-corrected chi connectivity index (χ2v) is 7.36. The first kappa shape index (κ1) is 21.8. The maximum absolute atomic E-state index is 12.9. The molecule has 2 aromatic carbocycles. The van der Waals surface area contributed by atoms with E-state index in [2.05, 4.69) is 15.1 Å². The Balaban J connectivity index is 1.51. The van der Waals surface area contributed by atoms with Crippen molar-refractivity contribution in [2.45, 2.75) is 25.7 Å². The first-order valence-corrected chi connectivity index (χ1v) is 9.70. The smallest absolute Gasteiger partial charge is 0.325 e. The summed E-state index contributed by atoms with van der Waals surface area (Å²) >= 11 is 0. The Hall–Kier alpha value is -2.89. The third-order valence-corrected chi connectivity index (χ3v) is 5.28. The zero-order valence-corrected chi connectivity index (χ0v) is 16.6. The van der Waals surface area contributed by atoms with Crippen LogP contribution >= 0.6 is 0 Å². The predicted molar refractivity (Wildman–Crippen MR) is 108 cm³/mol. The van der Waals surface area contributed by atoms with Crippen molar-refractivity contribution in [3.05, 3.63) is 65.2 Å². The zero-order chi connectivity index (χ0) is 21.7. The quantitative estimate of drug-likeness (QED) is 0.807. The molecule has 0 unspecified atom stereocenters. The maximum atomic E-state index is 12.9. The molecule has 1 heterocycles. The Bertz CT molecular complexity index is 913. The molecule has 158 valence electrons. The Kier molecular flexibility index (Phi) is 6.75. The molecule has 5 nitrogen and oxygen atoms in total. The van der Waals surface area contributed by atoms with Crippen molar-refractivity contribution < 1.29 is 18.0 Å². The zero-order valence-electron chi connectivity index (χ0n) is 16.6. The summed E-state index contributed by atoms with van der Waals surface area (Å²) in [5.74, 6) is -0.133. The van der Waals surface area contributed by atoms with Crippen LogP contribution in [0.25, 0.3) is 0 Å². The predicted octanol–water partition coefficient (Wildman–Crippen LogP) is 3.72. The van der Waals surface area contributed by atoms with E-state index in [1.54, 1.807) is 30.3 Å². The minimum atomic E-state index is -4.34. The van der Waals surface area contributed by atoms with Crippen molar-refractivity contribution in [3.8, 4) is 6.07 Å². The average molecular weight is 416 g/mol. The summed E-state index contributed by atoms with van der Waals surface area (Å²) in [6.45, 7) is 4.93. The van der Waals surface area contributed by atoms with E-state index in [-0.39, 0.29) is 11.9 Å². The molecule has 0 aliphatic carbocycles. The standard InChI is InChI=1S/C22H23F3N4O/c1-16(21(30)27-20-7-5-17(14-26)6-8-20)29-11-9-28(10-12-29)15-18-3-2-4-19(13-18)22(23,24)25/h2-8,13,16H,9-12,15H2,1H3,(H,27,30)/t16-/m0/s1. The fourth-order valence-corrected chi connectivity index (χ4v) is 3.45. The summed E-state index contributed by atoms with van der Waals surface area (Å²) in [5.41, 5.74) is 1.16. The number of amides is 1. The fourth-order valence-electron chi connectivity index (χ4n) is 3.45. The molecule has 2 aromatic rings. The highest BCUT2D eigenvalue weighted by molar-refractivity contribution is 5.94. The summed E-state index contributed by atoms with van der Waals surface area (Å²) in [4.78, 5) is 16.7. The Morgan fingerprint density at radius 2 is 1.80 bits per heavy atom. The van der Waals surface area contributed by atoms with E-state index in [4.69, 9.17) is 5.26 Å². The van der Waals surface area contributed by atoms with Gasteiger partial charge in [0.2, 0.25) is 5.91 Å². The second kappa shape index (κ2) is 9.28. The third-order valence-electron chi connectivity index (χ3n) is 5.28. The van der Waals surface area contributed by atoms with Crippen LogP contribution in [0.4, 0.5) is 18.9 Å². The van der Waals surface area contributed by atoms with Crippen LogP contribution in [0.3, 0.4) is 0 Å². The van der Waals surface area contributed by atoms with Gasteiger partial charge in [0, 0.05) is 38.4 Å². The number of benzene rings is 2. The molecule has 1 fully saturated rings. The van der Waals surface area contributed by atoms with Crippen LogP contribution < -0.4 is 5.32 Å². The molecule has 1 amide bonds. The van der Waals surface area contributed by atoms with Gasteiger partial charge in [0.15, 0.2) is 0 Å². The van der Waals surface area contributed by atoms with E-state index < -0.39 is 11.7 Å². The molecule has 1 aliphatic heterocycles. The normalized spacial score (nSPS) is 16.6. The molecule has 1 atom stereocenters. The van der Waals surface area contributed by atoms with Crippen LogP contribution in [0.5, 0.6) is 0 Å². The highest BCUT2D eigenvalue weighted by Crippen LogP contribution is 2.29. The number of rotatable bonds is 5. The number of nitrogens with one attached hydrogen (secondary N) is 1. The number of nitriles is 1. The molecule has 3 rings (SSSR count). The van der Waals surface area contributed by atoms with Crippen molar-refractivity contribution in [1.82, 2.24) is 9.80 Å². The SMILES string of the molecule is C[C@@H](C(=O)Nc1ccc(C#N)cc1)N1CCN(Cc2cccc(C(F)(F)F)c2)CC1. The summed E-state index contributed by atoms with van der Waals surface area (Å²) in [6, 6.07) is 13.8. The van der Waals surface area contributed by atoms with Crippen molar-refractivity contribution in [1.29, 1.82) is 5.26 Å². The van der Waals surface area contributed by atoms with Gasteiger partial charge in [-0.15, -0.1) is 0 Å². The van der Waals surface area contributed by atoms with Crippen LogP contribution in [-0.4, -0.2) is 47.9 Å². The van der Waals surface area contributed by atoms with Gasteiger partial charge in [-0.2, -0.15) is 18.4 Å². The third kappa shape index (κ3) is 5.59. The molecule has 0 saturated carbocycles. The lowest BCUT2D eigenvalue weighted by atomic mass is 10.1.